The van der Waals surface area contributed by atoms with E-state index in [1.807, 2.05) is 0 Å². The SMILES string of the molecule is CC1(C)[C@H]2CC[C@@]1(C)[C@@H](NC(=O)NCCF)C2. The lowest BCUT2D eigenvalue weighted by Crippen LogP contribution is -2.50. The maximum atomic E-state index is 12.0. The highest BCUT2D eigenvalue weighted by molar-refractivity contribution is 5.74. The molecule has 2 N–H and O–H groups in total. The van der Waals surface area contributed by atoms with E-state index in [1.54, 1.807) is 0 Å². The third-order valence-corrected chi connectivity index (χ3v) is 5.48. The maximum Gasteiger partial charge on any atom is 0.315 e. The standard InChI is InChI=1S/C13H23FN2O/c1-12(2)9-4-5-13(12,3)10(8-9)16-11(17)15-7-6-14/h9-10H,4-8H2,1-3H3,(H2,15,16,17)/t9-,10-,13-/m0/s1. The van der Waals surface area contributed by atoms with Crippen molar-refractivity contribution >= 4 is 6.03 Å². The second kappa shape index (κ2) is 4.14. The molecule has 0 heterocycles. The van der Waals surface area contributed by atoms with Crippen molar-refractivity contribution in [2.24, 2.45) is 16.7 Å². The summed E-state index contributed by atoms with van der Waals surface area (Å²) in [5.41, 5.74) is 0.482. The van der Waals surface area contributed by atoms with Crippen LogP contribution in [0.1, 0.15) is 40.0 Å². The van der Waals surface area contributed by atoms with Crippen LogP contribution in [0.4, 0.5) is 9.18 Å². The number of urea groups is 1. The van der Waals surface area contributed by atoms with E-state index in [0.717, 1.165) is 6.42 Å². The molecule has 98 valence electrons. The number of fused-ring (bicyclic) bond motifs is 2. The second-order valence-electron chi connectivity index (χ2n) is 6.25. The van der Waals surface area contributed by atoms with Crippen LogP contribution in [0.3, 0.4) is 0 Å². The highest BCUT2D eigenvalue weighted by atomic mass is 19.1. The smallest absolute Gasteiger partial charge is 0.315 e. The summed E-state index contributed by atoms with van der Waals surface area (Å²) >= 11 is 0. The van der Waals surface area contributed by atoms with E-state index in [2.05, 4.69) is 31.4 Å². The number of amides is 2. The molecule has 2 bridgehead atoms. The van der Waals surface area contributed by atoms with E-state index in [9.17, 15) is 9.18 Å². The first kappa shape index (κ1) is 12.7. The summed E-state index contributed by atoms with van der Waals surface area (Å²) < 4.78 is 12.0. The van der Waals surface area contributed by atoms with Crippen LogP contribution in [0.15, 0.2) is 0 Å². The molecule has 0 unspecified atom stereocenters. The molecule has 4 heteroatoms. The van der Waals surface area contributed by atoms with E-state index in [4.69, 9.17) is 0 Å². The van der Waals surface area contributed by atoms with E-state index >= 15 is 0 Å². The Kier molecular flexibility index (Phi) is 3.08. The second-order valence-corrected chi connectivity index (χ2v) is 6.25. The van der Waals surface area contributed by atoms with Gasteiger partial charge in [0.15, 0.2) is 0 Å². The van der Waals surface area contributed by atoms with Gasteiger partial charge in [-0.2, -0.15) is 0 Å². The van der Waals surface area contributed by atoms with Crippen LogP contribution in [0.2, 0.25) is 0 Å². The average Bonchev–Trinajstić information content (AvgIpc) is 2.59. The fourth-order valence-corrected chi connectivity index (χ4v) is 3.79. The van der Waals surface area contributed by atoms with Crippen LogP contribution in [-0.4, -0.2) is 25.3 Å². The molecule has 0 spiro atoms. The fraction of sp³-hybridized carbons (Fsp3) is 0.923. The molecule has 0 saturated heterocycles. The van der Waals surface area contributed by atoms with E-state index < -0.39 is 6.67 Å². The minimum atomic E-state index is -0.510. The molecule has 2 fully saturated rings. The van der Waals surface area contributed by atoms with E-state index in [1.165, 1.54) is 12.8 Å². The van der Waals surface area contributed by atoms with Gasteiger partial charge < -0.3 is 10.6 Å². The summed E-state index contributed by atoms with van der Waals surface area (Å²) in [7, 11) is 0. The van der Waals surface area contributed by atoms with Gasteiger partial charge in [-0.1, -0.05) is 20.8 Å². The molecule has 2 amide bonds. The Labute approximate surface area is 103 Å². The molecule has 3 nitrogen and oxygen atoms in total. The lowest BCUT2D eigenvalue weighted by Gasteiger charge is -2.39. The van der Waals surface area contributed by atoms with Gasteiger partial charge in [-0.3, -0.25) is 0 Å². The molecule has 2 saturated carbocycles. The molecule has 2 aliphatic rings. The van der Waals surface area contributed by atoms with Crippen LogP contribution < -0.4 is 10.6 Å². The molecule has 17 heavy (non-hydrogen) atoms. The zero-order valence-electron chi connectivity index (χ0n) is 11.0. The summed E-state index contributed by atoms with van der Waals surface area (Å²) in [4.78, 5) is 11.6. The Morgan fingerprint density at radius 3 is 2.59 bits per heavy atom. The number of nitrogens with one attached hydrogen (secondary N) is 2. The number of rotatable bonds is 3. The van der Waals surface area contributed by atoms with Crippen molar-refractivity contribution < 1.29 is 9.18 Å². The third kappa shape index (κ3) is 1.81. The summed E-state index contributed by atoms with van der Waals surface area (Å²) in [5, 5.41) is 5.56. The summed E-state index contributed by atoms with van der Waals surface area (Å²) in [6.07, 6.45) is 3.51. The lowest BCUT2D eigenvalue weighted by atomic mass is 9.69. The summed E-state index contributed by atoms with van der Waals surface area (Å²) in [6.45, 7) is 6.49. The molecule has 3 atom stereocenters. The molecule has 0 aromatic heterocycles. The highest BCUT2D eigenvalue weighted by Gasteiger charge is 2.61. The Balaban J connectivity index is 1.98. The van der Waals surface area contributed by atoms with Gasteiger partial charge in [0.05, 0.1) is 0 Å². The Hall–Kier alpha value is -0.800. The number of hydrogen-bond acceptors (Lipinski definition) is 1. The summed E-state index contributed by atoms with van der Waals surface area (Å²) in [5.74, 6) is 0.707. The zero-order valence-corrected chi connectivity index (χ0v) is 11.0. The molecule has 0 aromatic rings. The normalized spacial score (nSPS) is 38.1. The number of carbonyl (C=O) groups excluding carboxylic acids is 1. The van der Waals surface area contributed by atoms with Gasteiger partial charge in [-0.25, -0.2) is 9.18 Å². The van der Waals surface area contributed by atoms with E-state index in [0.29, 0.717) is 11.3 Å². The van der Waals surface area contributed by atoms with Crippen molar-refractivity contribution in [3.8, 4) is 0 Å². The van der Waals surface area contributed by atoms with Crippen LogP contribution in [0, 0.1) is 16.7 Å². The van der Waals surface area contributed by atoms with Gasteiger partial charge in [-0.15, -0.1) is 0 Å². The van der Waals surface area contributed by atoms with Crippen LogP contribution in [-0.2, 0) is 0 Å². The van der Waals surface area contributed by atoms with Gasteiger partial charge in [0.2, 0.25) is 0 Å². The Bertz CT molecular complexity index is 319. The third-order valence-electron chi connectivity index (χ3n) is 5.48. The van der Waals surface area contributed by atoms with E-state index in [-0.39, 0.29) is 24.0 Å². The largest absolute Gasteiger partial charge is 0.336 e. The van der Waals surface area contributed by atoms with Crippen LogP contribution >= 0.6 is 0 Å². The maximum absolute atomic E-state index is 12.0. The van der Waals surface area contributed by atoms with Crippen LogP contribution in [0.5, 0.6) is 0 Å². The minimum absolute atomic E-state index is 0.0993. The predicted octanol–water partition coefficient (Wildman–Crippen LogP) is 2.47. The average molecular weight is 242 g/mol. The van der Waals surface area contributed by atoms with Crippen molar-refractivity contribution in [3.63, 3.8) is 0 Å². The number of carbonyl (C=O) groups is 1. The van der Waals surface area contributed by atoms with Gasteiger partial charge in [0, 0.05) is 12.6 Å². The topological polar surface area (TPSA) is 41.1 Å². The summed E-state index contributed by atoms with van der Waals surface area (Å²) in [6, 6.07) is 0.00749. The molecule has 2 rings (SSSR count). The first-order valence-electron chi connectivity index (χ1n) is 6.52. The van der Waals surface area contributed by atoms with Crippen molar-refractivity contribution in [2.45, 2.75) is 46.1 Å². The zero-order chi connectivity index (χ0) is 12.7. The van der Waals surface area contributed by atoms with Gasteiger partial charge in [0.1, 0.15) is 6.67 Å². The fourth-order valence-electron chi connectivity index (χ4n) is 3.79. The molecule has 0 aliphatic heterocycles. The Morgan fingerprint density at radius 2 is 2.12 bits per heavy atom. The van der Waals surface area contributed by atoms with Crippen molar-refractivity contribution in [2.75, 3.05) is 13.2 Å². The minimum Gasteiger partial charge on any atom is -0.336 e. The first-order chi connectivity index (χ1) is 7.91. The Morgan fingerprint density at radius 1 is 1.41 bits per heavy atom. The number of hydrogen-bond donors (Lipinski definition) is 2. The number of alkyl halides is 1. The predicted molar refractivity (Wildman–Crippen MR) is 65.5 cm³/mol. The lowest BCUT2D eigenvalue weighted by molar-refractivity contribution is 0.123. The van der Waals surface area contributed by atoms with Crippen LogP contribution in [0.25, 0.3) is 0 Å². The first-order valence-corrected chi connectivity index (χ1v) is 6.52. The van der Waals surface area contributed by atoms with Gasteiger partial charge in [0.25, 0.3) is 0 Å². The highest BCUT2D eigenvalue weighted by Crippen LogP contribution is 2.65. The molecule has 0 aromatic carbocycles. The molecular weight excluding hydrogens is 219 g/mol. The quantitative estimate of drug-likeness (QED) is 0.784. The molecule has 0 radical (unpaired) electrons. The van der Waals surface area contributed by atoms with Gasteiger partial charge >= 0.3 is 6.03 Å². The monoisotopic (exact) mass is 242 g/mol. The van der Waals surface area contributed by atoms with Crippen molar-refractivity contribution in [1.82, 2.24) is 10.6 Å². The van der Waals surface area contributed by atoms with Crippen molar-refractivity contribution in [3.05, 3.63) is 0 Å². The van der Waals surface area contributed by atoms with Crippen molar-refractivity contribution in [1.29, 1.82) is 0 Å². The molecule has 2 aliphatic carbocycles. The number of halogens is 1. The molecular formula is C13H23FN2O. The van der Waals surface area contributed by atoms with Gasteiger partial charge in [-0.05, 0) is 36.0 Å².